The Morgan fingerprint density at radius 3 is 2.62 bits per heavy atom. The summed E-state index contributed by atoms with van der Waals surface area (Å²) in [7, 11) is 1.70. The van der Waals surface area contributed by atoms with E-state index >= 15 is 0 Å². The van der Waals surface area contributed by atoms with Crippen LogP contribution in [-0.2, 0) is 17.7 Å². The molecular formula is C12H21N3O. The van der Waals surface area contributed by atoms with Crippen molar-refractivity contribution in [1.29, 1.82) is 0 Å². The lowest BCUT2D eigenvalue weighted by Crippen LogP contribution is -2.15. The molecule has 90 valence electrons. The van der Waals surface area contributed by atoms with Crippen molar-refractivity contribution in [3.8, 4) is 0 Å². The van der Waals surface area contributed by atoms with E-state index < -0.39 is 0 Å². The number of ether oxygens (including phenoxy) is 1. The van der Waals surface area contributed by atoms with Gasteiger partial charge in [0.15, 0.2) is 0 Å². The summed E-state index contributed by atoms with van der Waals surface area (Å²) in [5, 5.41) is 3.32. The largest absolute Gasteiger partial charge is 0.381 e. The molecule has 0 amide bonds. The SMILES string of the molecule is CCCNCc1cnc(CC(C)OC)nc1. The van der Waals surface area contributed by atoms with Crippen molar-refractivity contribution in [3.05, 3.63) is 23.8 Å². The van der Waals surface area contributed by atoms with Crippen molar-refractivity contribution >= 4 is 0 Å². The predicted molar refractivity (Wildman–Crippen MR) is 64.2 cm³/mol. The van der Waals surface area contributed by atoms with E-state index in [0.29, 0.717) is 0 Å². The van der Waals surface area contributed by atoms with Gasteiger partial charge in [-0.3, -0.25) is 0 Å². The molecule has 0 aliphatic rings. The minimum Gasteiger partial charge on any atom is -0.381 e. The van der Waals surface area contributed by atoms with Gasteiger partial charge in [-0.2, -0.15) is 0 Å². The van der Waals surface area contributed by atoms with Crippen LogP contribution < -0.4 is 5.32 Å². The summed E-state index contributed by atoms with van der Waals surface area (Å²) in [6.45, 7) is 6.04. The zero-order chi connectivity index (χ0) is 11.8. The van der Waals surface area contributed by atoms with E-state index in [1.54, 1.807) is 7.11 Å². The Hall–Kier alpha value is -1.00. The molecular weight excluding hydrogens is 202 g/mol. The van der Waals surface area contributed by atoms with E-state index in [-0.39, 0.29) is 6.10 Å². The van der Waals surface area contributed by atoms with Gasteiger partial charge in [-0.15, -0.1) is 0 Å². The minimum absolute atomic E-state index is 0.170. The van der Waals surface area contributed by atoms with Crippen LogP contribution in [0.4, 0.5) is 0 Å². The number of nitrogens with one attached hydrogen (secondary N) is 1. The van der Waals surface area contributed by atoms with Crippen LogP contribution in [0.2, 0.25) is 0 Å². The molecule has 0 saturated carbocycles. The summed E-state index contributed by atoms with van der Waals surface area (Å²) < 4.78 is 5.17. The molecule has 4 nitrogen and oxygen atoms in total. The number of hydrogen-bond acceptors (Lipinski definition) is 4. The van der Waals surface area contributed by atoms with E-state index in [1.165, 1.54) is 0 Å². The summed E-state index contributed by atoms with van der Waals surface area (Å²) in [6, 6.07) is 0. The maximum absolute atomic E-state index is 5.17. The molecule has 1 unspecified atom stereocenters. The fraction of sp³-hybridized carbons (Fsp3) is 0.667. The minimum atomic E-state index is 0.170. The molecule has 1 N–H and O–H groups in total. The Kier molecular flexibility index (Phi) is 5.96. The molecule has 0 aliphatic heterocycles. The van der Waals surface area contributed by atoms with Crippen LogP contribution in [0.25, 0.3) is 0 Å². The highest BCUT2D eigenvalue weighted by atomic mass is 16.5. The molecule has 1 heterocycles. The molecule has 0 fully saturated rings. The van der Waals surface area contributed by atoms with Gasteiger partial charge < -0.3 is 10.1 Å². The first-order valence-corrected chi connectivity index (χ1v) is 5.79. The molecule has 0 spiro atoms. The first-order chi connectivity index (χ1) is 7.76. The highest BCUT2D eigenvalue weighted by Crippen LogP contribution is 2.01. The predicted octanol–water partition coefficient (Wildman–Crippen LogP) is 1.55. The molecule has 0 saturated heterocycles. The first kappa shape index (κ1) is 13.1. The van der Waals surface area contributed by atoms with Crippen molar-refractivity contribution in [1.82, 2.24) is 15.3 Å². The third-order valence-corrected chi connectivity index (χ3v) is 2.39. The lowest BCUT2D eigenvalue weighted by molar-refractivity contribution is 0.117. The summed E-state index contributed by atoms with van der Waals surface area (Å²) >= 11 is 0. The van der Waals surface area contributed by atoms with E-state index in [0.717, 1.165) is 37.3 Å². The van der Waals surface area contributed by atoms with Crippen molar-refractivity contribution in [2.45, 2.75) is 39.3 Å². The molecule has 16 heavy (non-hydrogen) atoms. The van der Waals surface area contributed by atoms with Crippen LogP contribution >= 0.6 is 0 Å². The molecule has 4 heteroatoms. The molecule has 1 aromatic rings. The molecule has 1 atom stereocenters. The van der Waals surface area contributed by atoms with Crippen LogP contribution in [0, 0.1) is 0 Å². The van der Waals surface area contributed by atoms with Crippen molar-refractivity contribution in [2.75, 3.05) is 13.7 Å². The van der Waals surface area contributed by atoms with Gasteiger partial charge in [0, 0.05) is 38.0 Å². The third-order valence-electron chi connectivity index (χ3n) is 2.39. The summed E-state index contributed by atoms with van der Waals surface area (Å²) in [4.78, 5) is 8.63. The summed E-state index contributed by atoms with van der Waals surface area (Å²) in [5.74, 6) is 0.841. The second-order valence-corrected chi connectivity index (χ2v) is 3.93. The highest BCUT2D eigenvalue weighted by molar-refractivity contribution is 5.05. The molecule has 1 rings (SSSR count). The first-order valence-electron chi connectivity index (χ1n) is 5.79. The Morgan fingerprint density at radius 1 is 1.38 bits per heavy atom. The lowest BCUT2D eigenvalue weighted by atomic mass is 10.2. The Balaban J connectivity index is 2.41. The van der Waals surface area contributed by atoms with Gasteiger partial charge in [0.05, 0.1) is 6.10 Å². The Bertz CT molecular complexity index is 287. The van der Waals surface area contributed by atoms with Gasteiger partial charge in [0.25, 0.3) is 0 Å². The van der Waals surface area contributed by atoms with Crippen molar-refractivity contribution < 1.29 is 4.74 Å². The molecule has 1 aromatic heterocycles. The number of nitrogens with zero attached hydrogens (tertiary/aromatic N) is 2. The van der Waals surface area contributed by atoms with Crippen LogP contribution in [-0.4, -0.2) is 29.7 Å². The van der Waals surface area contributed by atoms with Gasteiger partial charge in [0.2, 0.25) is 0 Å². The number of hydrogen-bond donors (Lipinski definition) is 1. The highest BCUT2D eigenvalue weighted by Gasteiger charge is 2.04. The van der Waals surface area contributed by atoms with Crippen LogP contribution in [0.5, 0.6) is 0 Å². The number of rotatable bonds is 7. The fourth-order valence-corrected chi connectivity index (χ4v) is 1.33. The van der Waals surface area contributed by atoms with E-state index in [2.05, 4.69) is 22.2 Å². The Labute approximate surface area is 97.5 Å². The summed E-state index contributed by atoms with van der Waals surface area (Å²) in [5.41, 5.74) is 1.13. The maximum atomic E-state index is 5.17. The normalized spacial score (nSPS) is 12.7. The van der Waals surface area contributed by atoms with E-state index in [9.17, 15) is 0 Å². The summed E-state index contributed by atoms with van der Waals surface area (Å²) in [6.07, 6.45) is 5.84. The maximum Gasteiger partial charge on any atom is 0.130 e. The van der Waals surface area contributed by atoms with Gasteiger partial charge in [0.1, 0.15) is 5.82 Å². The monoisotopic (exact) mass is 223 g/mol. The second-order valence-electron chi connectivity index (χ2n) is 3.93. The van der Waals surface area contributed by atoms with Gasteiger partial charge in [-0.1, -0.05) is 6.92 Å². The topological polar surface area (TPSA) is 47.0 Å². The van der Waals surface area contributed by atoms with Gasteiger partial charge >= 0.3 is 0 Å². The third kappa shape index (κ3) is 4.68. The fourth-order valence-electron chi connectivity index (χ4n) is 1.33. The smallest absolute Gasteiger partial charge is 0.130 e. The second kappa shape index (κ2) is 7.30. The van der Waals surface area contributed by atoms with Crippen molar-refractivity contribution in [3.63, 3.8) is 0 Å². The van der Waals surface area contributed by atoms with Crippen molar-refractivity contribution in [2.24, 2.45) is 0 Å². The standard InChI is InChI=1S/C12H21N3O/c1-4-5-13-7-11-8-14-12(15-9-11)6-10(2)16-3/h8-10,13H,4-7H2,1-3H3. The zero-order valence-corrected chi connectivity index (χ0v) is 10.4. The molecule has 0 bridgehead atoms. The van der Waals surface area contributed by atoms with Crippen LogP contribution in [0.3, 0.4) is 0 Å². The average Bonchev–Trinajstić information content (AvgIpc) is 2.31. The number of aromatic nitrogens is 2. The average molecular weight is 223 g/mol. The van der Waals surface area contributed by atoms with Gasteiger partial charge in [-0.05, 0) is 19.9 Å². The Morgan fingerprint density at radius 2 is 2.06 bits per heavy atom. The van der Waals surface area contributed by atoms with E-state index in [1.807, 2.05) is 19.3 Å². The number of methoxy groups -OCH3 is 1. The molecule has 0 aromatic carbocycles. The molecule has 0 aliphatic carbocycles. The molecule has 0 radical (unpaired) electrons. The quantitative estimate of drug-likeness (QED) is 0.712. The van der Waals surface area contributed by atoms with Crippen LogP contribution in [0.1, 0.15) is 31.7 Å². The van der Waals surface area contributed by atoms with E-state index in [4.69, 9.17) is 4.74 Å². The lowest BCUT2D eigenvalue weighted by Gasteiger charge is -2.08. The zero-order valence-electron chi connectivity index (χ0n) is 10.4. The van der Waals surface area contributed by atoms with Crippen LogP contribution in [0.15, 0.2) is 12.4 Å². The van der Waals surface area contributed by atoms with Gasteiger partial charge in [-0.25, -0.2) is 9.97 Å².